The van der Waals surface area contributed by atoms with Crippen LogP contribution in [0.5, 0.6) is 17.2 Å². The van der Waals surface area contributed by atoms with Crippen LogP contribution in [-0.2, 0) is 22.6 Å². The summed E-state index contributed by atoms with van der Waals surface area (Å²) >= 11 is 0. The van der Waals surface area contributed by atoms with Crippen molar-refractivity contribution in [3.8, 4) is 17.2 Å². The number of carbonyl (C=O) groups excluding carboxylic acids is 2. The Bertz CT molecular complexity index is 776. The van der Waals surface area contributed by atoms with Gasteiger partial charge in [-0.3, -0.25) is 9.59 Å². The van der Waals surface area contributed by atoms with E-state index in [0.717, 1.165) is 11.1 Å². The maximum Gasteiger partial charge on any atom is 0.255 e. The molecule has 0 aromatic heterocycles. The monoisotopic (exact) mass is 358 g/mol. The van der Waals surface area contributed by atoms with E-state index in [1.807, 2.05) is 24.3 Å². The van der Waals surface area contributed by atoms with E-state index in [1.165, 1.54) is 7.11 Å². The van der Waals surface area contributed by atoms with Crippen LogP contribution >= 0.6 is 0 Å². The Kier molecular flexibility index (Phi) is 6.84. The van der Waals surface area contributed by atoms with Crippen molar-refractivity contribution in [2.75, 3.05) is 20.8 Å². The van der Waals surface area contributed by atoms with Crippen molar-refractivity contribution >= 4 is 11.8 Å². The molecule has 0 bridgehead atoms. The van der Waals surface area contributed by atoms with Crippen LogP contribution in [-0.4, -0.2) is 32.6 Å². The number of amides is 2. The van der Waals surface area contributed by atoms with E-state index >= 15 is 0 Å². The molecule has 7 nitrogen and oxygen atoms in total. The molecule has 0 fully saturated rings. The largest absolute Gasteiger partial charge is 0.497 e. The summed E-state index contributed by atoms with van der Waals surface area (Å²) in [5.41, 5.74) is 6.77. The first-order valence-corrected chi connectivity index (χ1v) is 7.99. The van der Waals surface area contributed by atoms with E-state index in [9.17, 15) is 9.59 Å². The first-order chi connectivity index (χ1) is 12.5. The third-order valence-electron chi connectivity index (χ3n) is 3.59. The molecular weight excluding hydrogens is 336 g/mol. The number of rotatable bonds is 9. The molecular formula is C19H22N2O5. The normalized spacial score (nSPS) is 10.1. The van der Waals surface area contributed by atoms with Gasteiger partial charge in [0, 0.05) is 6.54 Å². The van der Waals surface area contributed by atoms with Gasteiger partial charge in [0.1, 0.15) is 5.75 Å². The van der Waals surface area contributed by atoms with E-state index in [0.29, 0.717) is 23.8 Å². The Morgan fingerprint density at radius 3 is 2.50 bits per heavy atom. The first kappa shape index (κ1) is 19.1. The van der Waals surface area contributed by atoms with Crippen molar-refractivity contribution in [2.45, 2.75) is 13.0 Å². The Hall–Kier alpha value is -3.22. The van der Waals surface area contributed by atoms with Gasteiger partial charge in [-0.1, -0.05) is 18.2 Å². The molecule has 0 spiro atoms. The molecule has 2 aromatic carbocycles. The second kappa shape index (κ2) is 9.31. The number of hydrogen-bond acceptors (Lipinski definition) is 5. The first-order valence-electron chi connectivity index (χ1n) is 7.99. The zero-order valence-electron chi connectivity index (χ0n) is 14.8. The number of nitrogens with one attached hydrogen (secondary N) is 1. The molecule has 7 heteroatoms. The number of ether oxygens (including phenoxy) is 3. The van der Waals surface area contributed by atoms with Gasteiger partial charge in [-0.05, 0) is 35.4 Å². The van der Waals surface area contributed by atoms with Gasteiger partial charge in [0.15, 0.2) is 18.1 Å². The van der Waals surface area contributed by atoms with Gasteiger partial charge >= 0.3 is 0 Å². The summed E-state index contributed by atoms with van der Waals surface area (Å²) in [7, 11) is 3.08. The topological polar surface area (TPSA) is 99.9 Å². The van der Waals surface area contributed by atoms with Gasteiger partial charge in [0.25, 0.3) is 5.91 Å². The molecule has 2 amide bonds. The number of methoxy groups -OCH3 is 2. The summed E-state index contributed by atoms with van der Waals surface area (Å²) in [6.07, 6.45) is 0.258. The van der Waals surface area contributed by atoms with Crippen molar-refractivity contribution in [3.63, 3.8) is 0 Å². The van der Waals surface area contributed by atoms with E-state index in [2.05, 4.69) is 5.32 Å². The number of primary amides is 1. The van der Waals surface area contributed by atoms with Crippen molar-refractivity contribution in [3.05, 3.63) is 53.6 Å². The zero-order chi connectivity index (χ0) is 18.9. The van der Waals surface area contributed by atoms with Crippen LogP contribution in [0.2, 0.25) is 0 Å². The summed E-state index contributed by atoms with van der Waals surface area (Å²) < 4.78 is 15.7. The molecule has 26 heavy (non-hydrogen) atoms. The zero-order valence-corrected chi connectivity index (χ0v) is 14.8. The highest BCUT2D eigenvalue weighted by Crippen LogP contribution is 2.28. The number of carbonyl (C=O) groups is 2. The van der Waals surface area contributed by atoms with Crippen LogP contribution in [0.4, 0.5) is 0 Å². The van der Waals surface area contributed by atoms with Crippen molar-refractivity contribution in [1.82, 2.24) is 5.32 Å². The molecule has 0 heterocycles. The number of benzene rings is 2. The molecule has 0 aliphatic heterocycles. The summed E-state index contributed by atoms with van der Waals surface area (Å²) in [6, 6.07) is 12.6. The second-order valence-corrected chi connectivity index (χ2v) is 5.55. The molecule has 0 saturated heterocycles. The lowest BCUT2D eigenvalue weighted by Crippen LogP contribution is -2.24. The average molecular weight is 358 g/mol. The fourth-order valence-electron chi connectivity index (χ4n) is 2.32. The van der Waals surface area contributed by atoms with E-state index < -0.39 is 5.91 Å². The van der Waals surface area contributed by atoms with E-state index in [4.69, 9.17) is 19.9 Å². The van der Waals surface area contributed by atoms with Gasteiger partial charge in [-0.2, -0.15) is 0 Å². The molecule has 2 rings (SSSR count). The molecule has 0 unspecified atom stereocenters. The minimum Gasteiger partial charge on any atom is -0.497 e. The summed E-state index contributed by atoms with van der Waals surface area (Å²) in [6.45, 7) is 0.113. The molecule has 2 aromatic rings. The smallest absolute Gasteiger partial charge is 0.255 e. The Morgan fingerprint density at radius 1 is 1.00 bits per heavy atom. The molecule has 0 radical (unpaired) electrons. The third-order valence-corrected chi connectivity index (χ3v) is 3.59. The summed E-state index contributed by atoms with van der Waals surface area (Å²) in [5, 5.41) is 2.86. The predicted octanol–water partition coefficient (Wildman–Crippen LogP) is 1.43. The van der Waals surface area contributed by atoms with E-state index in [1.54, 1.807) is 25.3 Å². The maximum absolute atomic E-state index is 12.1. The van der Waals surface area contributed by atoms with Crippen molar-refractivity contribution < 1.29 is 23.8 Å². The molecule has 0 aliphatic rings. The fourth-order valence-corrected chi connectivity index (χ4v) is 2.32. The van der Waals surface area contributed by atoms with Crippen LogP contribution in [0.3, 0.4) is 0 Å². The molecule has 0 atom stereocenters. The lowest BCUT2D eigenvalue weighted by Gasteiger charge is -2.12. The lowest BCUT2D eigenvalue weighted by atomic mass is 10.1. The van der Waals surface area contributed by atoms with Crippen LogP contribution in [0.1, 0.15) is 11.1 Å². The average Bonchev–Trinajstić information content (AvgIpc) is 2.65. The fraction of sp³-hybridized carbons (Fsp3) is 0.263. The van der Waals surface area contributed by atoms with Gasteiger partial charge in [-0.25, -0.2) is 0 Å². The quantitative estimate of drug-likeness (QED) is 0.706. The minimum absolute atomic E-state index is 0.105. The van der Waals surface area contributed by atoms with Crippen molar-refractivity contribution in [1.29, 1.82) is 0 Å². The molecule has 3 N–H and O–H groups in total. The summed E-state index contributed by atoms with van der Waals surface area (Å²) in [4.78, 5) is 22.9. The highest BCUT2D eigenvalue weighted by Gasteiger charge is 2.09. The van der Waals surface area contributed by atoms with Crippen LogP contribution in [0.15, 0.2) is 42.5 Å². The molecule has 138 valence electrons. The van der Waals surface area contributed by atoms with Gasteiger partial charge in [0.05, 0.1) is 20.6 Å². The highest BCUT2D eigenvalue weighted by atomic mass is 16.5. The van der Waals surface area contributed by atoms with Gasteiger partial charge in [0.2, 0.25) is 5.91 Å². The standard InChI is InChI=1S/C19H22N2O5/c1-24-15-5-3-4-13(8-15)10-19(23)21-11-14-6-7-16(17(9-14)25-2)26-12-18(20)22/h3-9H,10-12H2,1-2H3,(H2,20,22)(H,21,23). The Balaban J connectivity index is 1.93. The van der Waals surface area contributed by atoms with Gasteiger partial charge < -0.3 is 25.3 Å². The Labute approximate surface area is 152 Å². The SMILES string of the molecule is COc1cccc(CC(=O)NCc2ccc(OCC(N)=O)c(OC)c2)c1. The predicted molar refractivity (Wildman–Crippen MR) is 96.2 cm³/mol. The highest BCUT2D eigenvalue weighted by molar-refractivity contribution is 5.78. The maximum atomic E-state index is 12.1. The number of nitrogens with two attached hydrogens (primary N) is 1. The molecule has 0 aliphatic carbocycles. The second-order valence-electron chi connectivity index (χ2n) is 5.55. The minimum atomic E-state index is -0.569. The summed E-state index contributed by atoms with van der Waals surface area (Å²) in [5.74, 6) is 0.919. The molecule has 0 saturated carbocycles. The van der Waals surface area contributed by atoms with Crippen molar-refractivity contribution in [2.24, 2.45) is 5.73 Å². The van der Waals surface area contributed by atoms with Gasteiger partial charge in [-0.15, -0.1) is 0 Å². The van der Waals surface area contributed by atoms with E-state index in [-0.39, 0.29) is 18.9 Å². The van der Waals surface area contributed by atoms with Crippen LogP contribution in [0, 0.1) is 0 Å². The Morgan fingerprint density at radius 2 is 1.81 bits per heavy atom. The number of hydrogen-bond donors (Lipinski definition) is 2. The van der Waals surface area contributed by atoms with Crippen LogP contribution < -0.4 is 25.3 Å². The van der Waals surface area contributed by atoms with Crippen LogP contribution in [0.25, 0.3) is 0 Å². The lowest BCUT2D eigenvalue weighted by molar-refractivity contribution is -0.121. The third kappa shape index (κ3) is 5.70.